The fourth-order valence-corrected chi connectivity index (χ4v) is 1.59. The van der Waals surface area contributed by atoms with Crippen LogP contribution in [0.2, 0.25) is 0 Å². The summed E-state index contributed by atoms with van der Waals surface area (Å²) in [6.45, 7) is 10.6. The van der Waals surface area contributed by atoms with E-state index in [1.807, 2.05) is 0 Å². The number of aryl methyl sites for hydroxylation is 2. The number of hydrogen-bond acceptors (Lipinski definition) is 1. The first-order valence-electron chi connectivity index (χ1n) is 5.74. The van der Waals surface area contributed by atoms with E-state index < -0.39 is 0 Å². The van der Waals surface area contributed by atoms with Crippen LogP contribution in [0.4, 0.5) is 0 Å². The number of rotatable bonds is 2. The summed E-state index contributed by atoms with van der Waals surface area (Å²) in [6.07, 6.45) is 2.29. The van der Waals surface area contributed by atoms with E-state index in [1.165, 1.54) is 23.1 Å². The van der Waals surface area contributed by atoms with Gasteiger partial charge in [0, 0.05) is 0 Å². The van der Waals surface area contributed by atoms with Crippen LogP contribution in [0.1, 0.15) is 43.9 Å². The predicted octanol–water partition coefficient (Wildman–Crippen LogP) is 4.29. The van der Waals surface area contributed by atoms with Crippen LogP contribution < -0.4 is 4.74 Å². The molecule has 1 rings (SSSR count). The maximum absolute atomic E-state index is 5.30. The van der Waals surface area contributed by atoms with E-state index in [4.69, 9.17) is 4.74 Å². The molecule has 1 aromatic rings. The van der Waals surface area contributed by atoms with Gasteiger partial charge in [0.25, 0.3) is 0 Å². The number of methoxy groups -OCH3 is 1. The van der Waals surface area contributed by atoms with Crippen LogP contribution in [-0.2, 0) is 6.42 Å². The SMILES string of the molecule is CCC.CCc1c(C)cc(C)cc1OC. The lowest BCUT2D eigenvalue weighted by atomic mass is 10.0. The summed E-state index contributed by atoms with van der Waals surface area (Å²) >= 11 is 0. The quantitative estimate of drug-likeness (QED) is 0.704. The second-order valence-corrected chi connectivity index (χ2v) is 3.82. The molecule has 1 nitrogen and oxygen atoms in total. The first-order chi connectivity index (χ1) is 7.10. The molecule has 0 fully saturated rings. The molecular formula is C14H24O. The Morgan fingerprint density at radius 1 is 1.07 bits per heavy atom. The maximum Gasteiger partial charge on any atom is 0.122 e. The topological polar surface area (TPSA) is 9.23 Å². The summed E-state index contributed by atoms with van der Waals surface area (Å²) in [5.74, 6) is 1.02. The molecule has 0 N–H and O–H groups in total. The lowest BCUT2D eigenvalue weighted by molar-refractivity contribution is 0.409. The van der Waals surface area contributed by atoms with Gasteiger partial charge in [-0.3, -0.25) is 0 Å². The third kappa shape index (κ3) is 4.37. The van der Waals surface area contributed by atoms with E-state index in [0.29, 0.717) is 0 Å². The summed E-state index contributed by atoms with van der Waals surface area (Å²) in [4.78, 5) is 0. The third-order valence-electron chi connectivity index (χ3n) is 2.15. The minimum absolute atomic E-state index is 1.02. The van der Waals surface area contributed by atoms with Crippen molar-refractivity contribution >= 4 is 0 Å². The highest BCUT2D eigenvalue weighted by atomic mass is 16.5. The zero-order valence-electron chi connectivity index (χ0n) is 11.0. The van der Waals surface area contributed by atoms with Crippen molar-refractivity contribution in [2.75, 3.05) is 7.11 Å². The van der Waals surface area contributed by atoms with Gasteiger partial charge in [-0.05, 0) is 43.0 Å². The fraction of sp³-hybridized carbons (Fsp3) is 0.571. The lowest BCUT2D eigenvalue weighted by Crippen LogP contribution is -1.94. The number of ether oxygens (including phenoxy) is 1. The predicted molar refractivity (Wildman–Crippen MR) is 67.8 cm³/mol. The van der Waals surface area contributed by atoms with Gasteiger partial charge in [-0.15, -0.1) is 0 Å². The highest BCUT2D eigenvalue weighted by molar-refractivity contribution is 5.42. The average Bonchev–Trinajstić information content (AvgIpc) is 2.17. The van der Waals surface area contributed by atoms with Crippen LogP contribution in [0.25, 0.3) is 0 Å². The molecule has 0 atom stereocenters. The lowest BCUT2D eigenvalue weighted by Gasteiger charge is -2.10. The van der Waals surface area contributed by atoms with Crippen molar-refractivity contribution in [1.82, 2.24) is 0 Å². The van der Waals surface area contributed by atoms with Crippen LogP contribution in [0.3, 0.4) is 0 Å². The molecule has 0 amide bonds. The van der Waals surface area contributed by atoms with Crippen molar-refractivity contribution in [1.29, 1.82) is 0 Å². The van der Waals surface area contributed by atoms with Gasteiger partial charge in [-0.1, -0.05) is 33.3 Å². The van der Waals surface area contributed by atoms with Gasteiger partial charge in [-0.25, -0.2) is 0 Å². The summed E-state index contributed by atoms with van der Waals surface area (Å²) in [6, 6.07) is 4.28. The van der Waals surface area contributed by atoms with Gasteiger partial charge in [-0.2, -0.15) is 0 Å². The van der Waals surface area contributed by atoms with Crippen LogP contribution in [0.15, 0.2) is 12.1 Å². The number of hydrogen-bond donors (Lipinski definition) is 0. The zero-order valence-corrected chi connectivity index (χ0v) is 11.0. The van der Waals surface area contributed by atoms with Gasteiger partial charge in [0.05, 0.1) is 7.11 Å². The molecule has 0 bridgehead atoms. The summed E-state index contributed by atoms with van der Waals surface area (Å²) < 4.78 is 5.30. The Morgan fingerprint density at radius 2 is 1.60 bits per heavy atom. The summed E-state index contributed by atoms with van der Waals surface area (Å²) in [5.41, 5.74) is 3.92. The van der Waals surface area contributed by atoms with Crippen molar-refractivity contribution in [3.63, 3.8) is 0 Å². The molecule has 0 spiro atoms. The molecule has 0 unspecified atom stereocenters. The highest BCUT2D eigenvalue weighted by Gasteiger charge is 2.04. The minimum atomic E-state index is 1.02. The molecule has 0 saturated heterocycles. The summed E-state index contributed by atoms with van der Waals surface area (Å²) in [5, 5.41) is 0. The van der Waals surface area contributed by atoms with Gasteiger partial charge < -0.3 is 4.74 Å². The molecule has 0 radical (unpaired) electrons. The van der Waals surface area contributed by atoms with Crippen molar-refractivity contribution in [3.05, 3.63) is 28.8 Å². The molecule has 0 aliphatic rings. The van der Waals surface area contributed by atoms with E-state index in [1.54, 1.807) is 7.11 Å². The second-order valence-electron chi connectivity index (χ2n) is 3.82. The zero-order chi connectivity index (χ0) is 11.8. The van der Waals surface area contributed by atoms with E-state index in [2.05, 4.69) is 46.8 Å². The maximum atomic E-state index is 5.30. The van der Waals surface area contributed by atoms with Crippen LogP contribution in [0.5, 0.6) is 5.75 Å². The molecule has 0 aliphatic carbocycles. The van der Waals surface area contributed by atoms with E-state index in [-0.39, 0.29) is 0 Å². The first-order valence-corrected chi connectivity index (χ1v) is 5.74. The first kappa shape index (κ1) is 14.0. The van der Waals surface area contributed by atoms with E-state index in [0.717, 1.165) is 12.2 Å². The summed E-state index contributed by atoms with van der Waals surface area (Å²) in [7, 11) is 1.73. The Labute approximate surface area is 94.5 Å². The Hall–Kier alpha value is -0.980. The molecular weight excluding hydrogens is 184 g/mol. The minimum Gasteiger partial charge on any atom is -0.496 e. The molecule has 1 aromatic carbocycles. The van der Waals surface area contributed by atoms with Crippen LogP contribution in [-0.4, -0.2) is 7.11 Å². The van der Waals surface area contributed by atoms with Gasteiger partial charge >= 0.3 is 0 Å². The van der Waals surface area contributed by atoms with Crippen molar-refractivity contribution in [3.8, 4) is 5.75 Å². The Morgan fingerprint density at radius 3 is 2.00 bits per heavy atom. The Kier molecular flexibility index (Phi) is 6.85. The highest BCUT2D eigenvalue weighted by Crippen LogP contribution is 2.24. The fourth-order valence-electron chi connectivity index (χ4n) is 1.59. The molecule has 86 valence electrons. The van der Waals surface area contributed by atoms with Gasteiger partial charge in [0.15, 0.2) is 0 Å². The van der Waals surface area contributed by atoms with Crippen molar-refractivity contribution < 1.29 is 4.74 Å². The average molecular weight is 208 g/mol. The van der Waals surface area contributed by atoms with Gasteiger partial charge in [0.1, 0.15) is 5.75 Å². The Balaban J connectivity index is 0.000000583. The molecule has 0 aromatic heterocycles. The smallest absolute Gasteiger partial charge is 0.122 e. The standard InChI is InChI=1S/C11H16O.C3H8/c1-5-10-9(3)6-8(2)7-11(10)12-4;1-3-2/h6-7H,5H2,1-4H3;3H2,1-2H3. The van der Waals surface area contributed by atoms with Crippen molar-refractivity contribution in [2.24, 2.45) is 0 Å². The van der Waals surface area contributed by atoms with Gasteiger partial charge in [0.2, 0.25) is 0 Å². The van der Waals surface area contributed by atoms with Crippen LogP contribution in [0, 0.1) is 13.8 Å². The number of benzene rings is 1. The largest absolute Gasteiger partial charge is 0.496 e. The normalized spacial score (nSPS) is 9.20. The van der Waals surface area contributed by atoms with Crippen LogP contribution >= 0.6 is 0 Å². The molecule has 0 saturated carbocycles. The Bertz CT molecular complexity index is 290. The third-order valence-corrected chi connectivity index (χ3v) is 2.15. The van der Waals surface area contributed by atoms with E-state index >= 15 is 0 Å². The second kappa shape index (κ2) is 7.33. The molecule has 0 aliphatic heterocycles. The monoisotopic (exact) mass is 208 g/mol. The van der Waals surface area contributed by atoms with Crippen molar-refractivity contribution in [2.45, 2.75) is 47.5 Å². The molecule has 15 heavy (non-hydrogen) atoms. The molecule has 1 heteroatoms. The molecule has 0 heterocycles. The van der Waals surface area contributed by atoms with E-state index in [9.17, 15) is 0 Å².